The lowest BCUT2D eigenvalue weighted by Gasteiger charge is -2.05. The molecule has 15 heavy (non-hydrogen) atoms. The molecule has 0 aliphatic heterocycles. The van der Waals surface area contributed by atoms with Crippen molar-refractivity contribution in [3.05, 3.63) is 16.3 Å². The highest BCUT2D eigenvalue weighted by Gasteiger charge is 2.17. The molecule has 1 rings (SSSR count). The number of nitrogens with two attached hydrogens (primary N) is 1. The van der Waals surface area contributed by atoms with E-state index in [1.165, 1.54) is 10.9 Å². The predicted molar refractivity (Wildman–Crippen MR) is 56.6 cm³/mol. The van der Waals surface area contributed by atoms with Crippen LogP contribution in [0.2, 0.25) is 0 Å². The number of hydrogen-bond donors (Lipinski definition) is 2. The Morgan fingerprint density at radius 3 is 3.00 bits per heavy atom. The first-order valence-corrected chi connectivity index (χ1v) is 4.68. The summed E-state index contributed by atoms with van der Waals surface area (Å²) < 4.78 is 1.41. The fourth-order valence-electron chi connectivity index (χ4n) is 1.15. The monoisotopic (exact) mass is 213 g/mol. The van der Waals surface area contributed by atoms with Crippen molar-refractivity contribution in [1.82, 2.24) is 9.78 Å². The minimum Gasteiger partial charge on any atom is -0.363 e. The molecule has 1 aromatic rings. The van der Waals surface area contributed by atoms with E-state index in [1.807, 2.05) is 6.92 Å². The molecule has 7 heteroatoms. The van der Waals surface area contributed by atoms with E-state index in [0.717, 1.165) is 6.42 Å². The first kappa shape index (κ1) is 11.4. The average Bonchev–Trinajstić information content (AvgIpc) is 2.46. The summed E-state index contributed by atoms with van der Waals surface area (Å²) in [6.07, 6.45) is 2.11. The highest BCUT2D eigenvalue weighted by Crippen LogP contribution is 2.21. The molecule has 7 nitrogen and oxygen atoms in total. The van der Waals surface area contributed by atoms with Gasteiger partial charge in [0.1, 0.15) is 6.20 Å². The van der Waals surface area contributed by atoms with Crippen molar-refractivity contribution in [2.45, 2.75) is 19.4 Å². The van der Waals surface area contributed by atoms with E-state index < -0.39 is 4.92 Å². The van der Waals surface area contributed by atoms with Gasteiger partial charge in [-0.1, -0.05) is 0 Å². The van der Waals surface area contributed by atoms with Crippen LogP contribution in [0.25, 0.3) is 0 Å². The molecule has 0 saturated carbocycles. The fourth-order valence-corrected chi connectivity index (χ4v) is 1.15. The zero-order chi connectivity index (χ0) is 11.4. The molecule has 0 saturated heterocycles. The van der Waals surface area contributed by atoms with Crippen LogP contribution in [-0.4, -0.2) is 27.3 Å². The van der Waals surface area contributed by atoms with E-state index in [1.54, 1.807) is 7.05 Å². The van der Waals surface area contributed by atoms with E-state index in [4.69, 9.17) is 5.73 Å². The smallest absolute Gasteiger partial charge is 0.330 e. The number of nitrogens with zero attached hydrogens (tertiary/aromatic N) is 3. The Kier molecular flexibility index (Phi) is 3.62. The van der Waals surface area contributed by atoms with Crippen LogP contribution in [0, 0.1) is 10.1 Å². The van der Waals surface area contributed by atoms with Gasteiger partial charge in [0.15, 0.2) is 0 Å². The molecule has 3 N–H and O–H groups in total. The molecule has 0 aliphatic rings. The number of nitro groups is 1. The second kappa shape index (κ2) is 4.74. The van der Waals surface area contributed by atoms with E-state index in [2.05, 4.69) is 10.4 Å². The van der Waals surface area contributed by atoms with E-state index in [9.17, 15) is 10.1 Å². The van der Waals surface area contributed by atoms with Crippen molar-refractivity contribution < 1.29 is 4.92 Å². The van der Waals surface area contributed by atoms with Crippen molar-refractivity contribution in [3.8, 4) is 0 Å². The van der Waals surface area contributed by atoms with Crippen molar-refractivity contribution in [2.75, 3.05) is 11.9 Å². The van der Waals surface area contributed by atoms with Gasteiger partial charge in [-0.15, -0.1) is 5.10 Å². The largest absolute Gasteiger partial charge is 0.363 e. The van der Waals surface area contributed by atoms with Gasteiger partial charge in [-0.25, -0.2) is 0 Å². The third kappa shape index (κ3) is 3.21. The molecule has 0 spiro atoms. The minimum atomic E-state index is -0.457. The van der Waals surface area contributed by atoms with Crippen LogP contribution in [0.15, 0.2) is 6.20 Å². The third-order valence-corrected chi connectivity index (χ3v) is 1.90. The molecule has 0 amide bonds. The molecule has 0 bridgehead atoms. The van der Waals surface area contributed by atoms with Crippen molar-refractivity contribution in [2.24, 2.45) is 12.8 Å². The van der Waals surface area contributed by atoms with E-state index in [-0.39, 0.29) is 11.7 Å². The van der Waals surface area contributed by atoms with Gasteiger partial charge in [-0.2, -0.15) is 0 Å². The molecule has 1 heterocycles. The summed E-state index contributed by atoms with van der Waals surface area (Å²) in [6.45, 7) is 2.46. The standard InChI is InChI=1S/C8H15N5O2/c1-6(9)3-4-10-8-7(13(14)15)5-12(2)11-8/h5-6H,3-4,9H2,1-2H3,(H,10,11). The maximum Gasteiger partial charge on any atom is 0.330 e. The second-order valence-electron chi connectivity index (χ2n) is 3.49. The third-order valence-electron chi connectivity index (χ3n) is 1.90. The maximum absolute atomic E-state index is 10.6. The normalized spacial score (nSPS) is 12.5. The fraction of sp³-hybridized carbons (Fsp3) is 0.625. The van der Waals surface area contributed by atoms with Gasteiger partial charge in [-0.05, 0) is 13.3 Å². The lowest BCUT2D eigenvalue weighted by molar-refractivity contribution is -0.384. The zero-order valence-electron chi connectivity index (χ0n) is 8.80. The number of nitrogens with one attached hydrogen (secondary N) is 1. The maximum atomic E-state index is 10.6. The van der Waals surface area contributed by atoms with Crippen LogP contribution in [0.5, 0.6) is 0 Å². The van der Waals surface area contributed by atoms with Crippen molar-refractivity contribution >= 4 is 11.5 Å². The molecule has 84 valence electrons. The van der Waals surface area contributed by atoms with Crippen molar-refractivity contribution in [3.63, 3.8) is 0 Å². The summed E-state index contributed by atoms with van der Waals surface area (Å²) in [6, 6.07) is 0.0697. The Morgan fingerprint density at radius 2 is 2.47 bits per heavy atom. The van der Waals surface area contributed by atoms with E-state index in [0.29, 0.717) is 12.4 Å². The zero-order valence-corrected chi connectivity index (χ0v) is 8.80. The van der Waals surface area contributed by atoms with Gasteiger partial charge >= 0.3 is 5.69 Å². The van der Waals surface area contributed by atoms with Crippen LogP contribution in [-0.2, 0) is 7.05 Å². The SMILES string of the molecule is CC(N)CCNc1nn(C)cc1[N+](=O)[O-]. The second-order valence-corrected chi connectivity index (χ2v) is 3.49. The summed E-state index contributed by atoms with van der Waals surface area (Å²) in [7, 11) is 1.64. The van der Waals surface area contributed by atoms with E-state index >= 15 is 0 Å². The minimum absolute atomic E-state index is 0.0119. The molecule has 0 aromatic carbocycles. The lowest BCUT2D eigenvalue weighted by atomic mass is 10.2. The molecule has 0 aliphatic carbocycles. The van der Waals surface area contributed by atoms with Crippen LogP contribution < -0.4 is 11.1 Å². The Balaban J connectivity index is 2.63. The molecular formula is C8H15N5O2. The number of hydrogen-bond acceptors (Lipinski definition) is 5. The molecule has 0 fully saturated rings. The van der Waals surface area contributed by atoms with Gasteiger partial charge in [0.2, 0.25) is 5.82 Å². The number of anilines is 1. The number of rotatable bonds is 5. The summed E-state index contributed by atoms with van der Waals surface area (Å²) in [5.74, 6) is 0.295. The van der Waals surface area contributed by atoms with Crippen molar-refractivity contribution in [1.29, 1.82) is 0 Å². The lowest BCUT2D eigenvalue weighted by Crippen LogP contribution is -2.19. The Labute approximate surface area is 87.4 Å². The first-order valence-electron chi connectivity index (χ1n) is 4.68. The van der Waals surface area contributed by atoms with Gasteiger partial charge in [-0.3, -0.25) is 14.8 Å². The summed E-state index contributed by atoms with van der Waals surface area (Å²) in [5, 5.41) is 17.5. The highest BCUT2D eigenvalue weighted by molar-refractivity contribution is 5.54. The molecule has 0 radical (unpaired) electrons. The first-order chi connectivity index (χ1) is 7.00. The predicted octanol–water partition coefficient (Wildman–Crippen LogP) is 0.477. The summed E-state index contributed by atoms with van der Waals surface area (Å²) >= 11 is 0. The average molecular weight is 213 g/mol. The Hall–Kier alpha value is -1.63. The molecule has 1 atom stereocenters. The number of aryl methyl sites for hydroxylation is 1. The van der Waals surface area contributed by atoms with Crippen LogP contribution in [0.1, 0.15) is 13.3 Å². The Bertz CT molecular complexity index is 347. The topological polar surface area (TPSA) is 99.0 Å². The molecular weight excluding hydrogens is 198 g/mol. The van der Waals surface area contributed by atoms with Crippen LogP contribution >= 0.6 is 0 Å². The summed E-state index contributed by atoms with van der Waals surface area (Å²) in [4.78, 5) is 10.2. The number of aromatic nitrogens is 2. The van der Waals surface area contributed by atoms with Crippen LogP contribution in [0.4, 0.5) is 11.5 Å². The molecule has 1 aromatic heterocycles. The highest BCUT2D eigenvalue weighted by atomic mass is 16.6. The van der Waals surface area contributed by atoms with Gasteiger partial charge in [0.25, 0.3) is 0 Å². The Morgan fingerprint density at radius 1 is 1.80 bits per heavy atom. The van der Waals surface area contributed by atoms with Gasteiger partial charge < -0.3 is 11.1 Å². The van der Waals surface area contributed by atoms with Gasteiger partial charge in [0.05, 0.1) is 4.92 Å². The molecule has 1 unspecified atom stereocenters. The van der Waals surface area contributed by atoms with Gasteiger partial charge in [0, 0.05) is 19.6 Å². The van der Waals surface area contributed by atoms with Crippen LogP contribution in [0.3, 0.4) is 0 Å². The quantitative estimate of drug-likeness (QED) is 0.547. The summed E-state index contributed by atoms with van der Waals surface area (Å²) in [5.41, 5.74) is 5.55.